The number of hydrogen-bond donors (Lipinski definition) is 1. The van der Waals surface area contributed by atoms with Gasteiger partial charge in [0.05, 0.1) is 20.3 Å². The van der Waals surface area contributed by atoms with Crippen molar-refractivity contribution in [3.05, 3.63) is 87.9 Å². The van der Waals surface area contributed by atoms with Crippen LogP contribution in [0.25, 0.3) is 0 Å². The molecule has 0 aliphatic rings. The van der Waals surface area contributed by atoms with Crippen LogP contribution in [-0.4, -0.2) is 20.0 Å². The standard InChI is InChI=1S/C24H24BrNO3/c1-16-4-11-20(12-5-16)26-21(15-22(27)17-6-9-19(25)10-7-17)18-8-13-23(28-2)24(14-18)29-3/h4-14,21,26H,15H2,1-3H3. The Morgan fingerprint density at radius 2 is 1.59 bits per heavy atom. The first-order chi connectivity index (χ1) is 14.0. The molecule has 29 heavy (non-hydrogen) atoms. The number of methoxy groups -OCH3 is 2. The quantitative estimate of drug-likeness (QED) is 0.412. The summed E-state index contributed by atoms with van der Waals surface area (Å²) >= 11 is 3.41. The second-order valence-electron chi connectivity index (χ2n) is 6.81. The predicted molar refractivity (Wildman–Crippen MR) is 120 cm³/mol. The number of anilines is 1. The summed E-state index contributed by atoms with van der Waals surface area (Å²) < 4.78 is 11.7. The molecule has 0 aliphatic heterocycles. The number of benzene rings is 3. The zero-order valence-electron chi connectivity index (χ0n) is 16.7. The molecule has 0 aromatic heterocycles. The Bertz CT molecular complexity index is 968. The van der Waals surface area contributed by atoms with Crippen molar-refractivity contribution in [1.29, 1.82) is 0 Å². The first-order valence-corrected chi connectivity index (χ1v) is 10.1. The number of nitrogens with one attached hydrogen (secondary N) is 1. The van der Waals surface area contributed by atoms with Crippen LogP contribution in [0.5, 0.6) is 11.5 Å². The average Bonchev–Trinajstić information content (AvgIpc) is 2.74. The van der Waals surface area contributed by atoms with Gasteiger partial charge in [0.2, 0.25) is 0 Å². The van der Waals surface area contributed by atoms with E-state index in [0.717, 1.165) is 15.7 Å². The number of carbonyl (C=O) groups excluding carboxylic acids is 1. The third-order valence-electron chi connectivity index (χ3n) is 4.76. The van der Waals surface area contributed by atoms with E-state index in [9.17, 15) is 4.79 Å². The van der Waals surface area contributed by atoms with E-state index >= 15 is 0 Å². The highest BCUT2D eigenvalue weighted by Gasteiger charge is 2.19. The summed E-state index contributed by atoms with van der Waals surface area (Å²) in [5, 5.41) is 3.50. The first-order valence-electron chi connectivity index (χ1n) is 9.34. The summed E-state index contributed by atoms with van der Waals surface area (Å²) in [6.45, 7) is 2.05. The number of ketones is 1. The number of ether oxygens (including phenoxy) is 2. The second kappa shape index (κ2) is 9.61. The number of aryl methyl sites for hydroxylation is 1. The largest absolute Gasteiger partial charge is 0.493 e. The highest BCUT2D eigenvalue weighted by molar-refractivity contribution is 9.10. The maximum absolute atomic E-state index is 13.0. The summed E-state index contributed by atoms with van der Waals surface area (Å²) in [5.74, 6) is 1.36. The third kappa shape index (κ3) is 5.39. The van der Waals surface area contributed by atoms with E-state index in [1.165, 1.54) is 5.56 Å². The third-order valence-corrected chi connectivity index (χ3v) is 5.29. The Kier molecular flexibility index (Phi) is 6.94. The van der Waals surface area contributed by atoms with Crippen molar-refractivity contribution in [3.8, 4) is 11.5 Å². The van der Waals surface area contributed by atoms with Gasteiger partial charge in [0.25, 0.3) is 0 Å². The lowest BCUT2D eigenvalue weighted by Gasteiger charge is -2.21. The minimum Gasteiger partial charge on any atom is -0.493 e. The monoisotopic (exact) mass is 453 g/mol. The molecule has 0 aliphatic carbocycles. The first kappa shape index (κ1) is 20.9. The summed E-state index contributed by atoms with van der Waals surface area (Å²) in [5.41, 5.74) is 3.78. The molecule has 1 N–H and O–H groups in total. The van der Waals surface area contributed by atoms with Crippen molar-refractivity contribution < 1.29 is 14.3 Å². The van der Waals surface area contributed by atoms with E-state index in [4.69, 9.17) is 9.47 Å². The minimum atomic E-state index is -0.214. The number of carbonyl (C=O) groups is 1. The Morgan fingerprint density at radius 1 is 0.931 bits per heavy atom. The molecule has 5 heteroatoms. The zero-order chi connectivity index (χ0) is 20.8. The molecular formula is C24H24BrNO3. The molecule has 0 spiro atoms. The lowest BCUT2D eigenvalue weighted by atomic mass is 9.97. The van der Waals surface area contributed by atoms with Crippen LogP contribution in [0.1, 0.15) is 33.9 Å². The van der Waals surface area contributed by atoms with Gasteiger partial charge in [-0.05, 0) is 48.9 Å². The van der Waals surface area contributed by atoms with Crippen LogP contribution < -0.4 is 14.8 Å². The number of rotatable bonds is 8. The molecule has 0 heterocycles. The molecule has 3 rings (SSSR count). The molecule has 0 radical (unpaired) electrons. The zero-order valence-corrected chi connectivity index (χ0v) is 18.3. The molecule has 4 nitrogen and oxygen atoms in total. The van der Waals surface area contributed by atoms with E-state index in [2.05, 4.69) is 21.2 Å². The predicted octanol–water partition coefficient (Wildman–Crippen LogP) is 6.20. The molecule has 150 valence electrons. The maximum atomic E-state index is 13.0. The molecule has 0 fully saturated rings. The molecular weight excluding hydrogens is 430 g/mol. The SMILES string of the molecule is COc1ccc(C(CC(=O)c2ccc(Br)cc2)Nc2ccc(C)cc2)cc1OC. The Hall–Kier alpha value is -2.79. The van der Waals surface area contributed by atoms with Crippen LogP contribution in [0.3, 0.4) is 0 Å². The van der Waals surface area contributed by atoms with E-state index in [1.54, 1.807) is 14.2 Å². The number of halogens is 1. The number of hydrogen-bond acceptors (Lipinski definition) is 4. The molecule has 1 atom stereocenters. The highest BCUT2D eigenvalue weighted by Crippen LogP contribution is 2.33. The smallest absolute Gasteiger partial charge is 0.165 e. The summed E-state index contributed by atoms with van der Waals surface area (Å²) in [6.07, 6.45) is 0.311. The van der Waals surface area contributed by atoms with Crippen molar-refractivity contribution in [3.63, 3.8) is 0 Å². The van der Waals surface area contributed by atoms with E-state index in [0.29, 0.717) is 23.5 Å². The molecule has 0 amide bonds. The lowest BCUT2D eigenvalue weighted by molar-refractivity contribution is 0.0976. The van der Waals surface area contributed by atoms with Crippen LogP contribution in [0.4, 0.5) is 5.69 Å². The normalized spacial score (nSPS) is 11.6. The molecule has 0 saturated heterocycles. The molecule has 3 aromatic carbocycles. The summed E-state index contributed by atoms with van der Waals surface area (Å²) in [7, 11) is 3.22. The molecule has 3 aromatic rings. The van der Waals surface area contributed by atoms with Gasteiger partial charge in [-0.3, -0.25) is 4.79 Å². The Balaban J connectivity index is 1.91. The van der Waals surface area contributed by atoms with Crippen molar-refractivity contribution in [2.45, 2.75) is 19.4 Å². The fourth-order valence-corrected chi connectivity index (χ4v) is 3.38. The van der Waals surface area contributed by atoms with Crippen molar-refractivity contribution in [1.82, 2.24) is 0 Å². The van der Waals surface area contributed by atoms with Crippen molar-refractivity contribution in [2.24, 2.45) is 0 Å². The van der Waals surface area contributed by atoms with Crippen LogP contribution in [-0.2, 0) is 0 Å². The summed E-state index contributed by atoms with van der Waals surface area (Å²) in [6, 6.07) is 21.1. The van der Waals surface area contributed by atoms with Gasteiger partial charge in [-0.2, -0.15) is 0 Å². The van der Waals surface area contributed by atoms with Gasteiger partial charge in [-0.25, -0.2) is 0 Å². The Morgan fingerprint density at radius 3 is 2.21 bits per heavy atom. The van der Waals surface area contributed by atoms with Crippen LogP contribution in [0.2, 0.25) is 0 Å². The van der Waals surface area contributed by atoms with Gasteiger partial charge >= 0.3 is 0 Å². The van der Waals surface area contributed by atoms with Gasteiger partial charge in [0.15, 0.2) is 17.3 Å². The van der Waals surface area contributed by atoms with Gasteiger partial charge in [0.1, 0.15) is 0 Å². The molecule has 0 saturated carbocycles. The van der Waals surface area contributed by atoms with Gasteiger partial charge in [-0.1, -0.05) is 51.8 Å². The van der Waals surface area contributed by atoms with Gasteiger partial charge < -0.3 is 14.8 Å². The maximum Gasteiger partial charge on any atom is 0.165 e. The van der Waals surface area contributed by atoms with E-state index < -0.39 is 0 Å². The van der Waals surface area contributed by atoms with Crippen molar-refractivity contribution in [2.75, 3.05) is 19.5 Å². The molecule has 1 unspecified atom stereocenters. The highest BCUT2D eigenvalue weighted by atomic mass is 79.9. The Labute approximate surface area is 180 Å². The van der Waals surface area contributed by atoms with E-state index in [1.807, 2.05) is 73.7 Å². The van der Waals surface area contributed by atoms with E-state index in [-0.39, 0.29) is 11.8 Å². The van der Waals surface area contributed by atoms with Gasteiger partial charge in [-0.15, -0.1) is 0 Å². The second-order valence-corrected chi connectivity index (χ2v) is 7.73. The fraction of sp³-hybridized carbons (Fsp3) is 0.208. The fourth-order valence-electron chi connectivity index (χ4n) is 3.11. The summed E-state index contributed by atoms with van der Waals surface area (Å²) in [4.78, 5) is 13.0. The number of Topliss-reactive ketones (excluding diaryl/α,β-unsaturated/α-hetero) is 1. The van der Waals surface area contributed by atoms with Gasteiger partial charge in [0, 0.05) is 22.1 Å². The average molecular weight is 454 g/mol. The van der Waals surface area contributed by atoms with Crippen LogP contribution in [0, 0.1) is 6.92 Å². The minimum absolute atomic E-state index is 0.0666. The van der Waals surface area contributed by atoms with Crippen LogP contribution in [0.15, 0.2) is 71.2 Å². The van der Waals surface area contributed by atoms with Crippen LogP contribution >= 0.6 is 15.9 Å². The molecule has 0 bridgehead atoms. The lowest BCUT2D eigenvalue weighted by Crippen LogP contribution is -2.16. The van der Waals surface area contributed by atoms with Crippen molar-refractivity contribution >= 4 is 27.4 Å². The topological polar surface area (TPSA) is 47.6 Å².